The van der Waals surface area contributed by atoms with Gasteiger partial charge in [0.15, 0.2) is 5.65 Å². The Labute approximate surface area is 162 Å². The molecule has 140 valence electrons. The number of rotatable bonds is 5. The van der Waals surface area contributed by atoms with Crippen LogP contribution in [0.2, 0.25) is 5.02 Å². The van der Waals surface area contributed by atoms with Gasteiger partial charge in [-0.3, -0.25) is 9.81 Å². The largest absolute Gasteiger partial charge is 0.387 e. The fraction of sp³-hybridized carbons (Fsp3) is 0.350. The molecule has 7 heteroatoms. The summed E-state index contributed by atoms with van der Waals surface area (Å²) in [6, 6.07) is 9.69. The highest BCUT2D eigenvalue weighted by molar-refractivity contribution is 6.31. The maximum Gasteiger partial charge on any atom is 0.166 e. The number of aromatic nitrogens is 3. The van der Waals surface area contributed by atoms with Crippen LogP contribution >= 0.6 is 11.6 Å². The van der Waals surface area contributed by atoms with Gasteiger partial charge in [-0.2, -0.15) is 0 Å². The number of pyridine rings is 1. The van der Waals surface area contributed by atoms with Gasteiger partial charge in [0, 0.05) is 23.2 Å². The molecule has 1 saturated carbocycles. The van der Waals surface area contributed by atoms with Crippen LogP contribution in [-0.4, -0.2) is 25.5 Å². The van der Waals surface area contributed by atoms with Gasteiger partial charge in [0.1, 0.15) is 5.82 Å². The van der Waals surface area contributed by atoms with Crippen molar-refractivity contribution in [2.75, 3.05) is 0 Å². The number of hydrogen-bond donors (Lipinski definition) is 3. The first-order chi connectivity index (χ1) is 12.7. The lowest BCUT2D eigenvalue weighted by Gasteiger charge is -2.19. The van der Waals surface area contributed by atoms with Crippen LogP contribution in [0.25, 0.3) is 5.65 Å². The van der Waals surface area contributed by atoms with E-state index in [1.54, 1.807) is 13.8 Å². The van der Waals surface area contributed by atoms with Gasteiger partial charge >= 0.3 is 0 Å². The summed E-state index contributed by atoms with van der Waals surface area (Å²) in [7, 11) is 0. The molecule has 0 amide bonds. The van der Waals surface area contributed by atoms with Gasteiger partial charge in [-0.05, 0) is 49.9 Å². The molecule has 3 aromatic rings. The molecule has 6 nitrogen and oxygen atoms in total. The molecule has 0 bridgehead atoms. The number of hydrogen-bond acceptors (Lipinski definition) is 4. The smallest absolute Gasteiger partial charge is 0.166 e. The zero-order valence-electron chi connectivity index (χ0n) is 15.3. The minimum atomic E-state index is -1.00. The second-order valence-corrected chi connectivity index (χ2v) is 8.20. The molecule has 27 heavy (non-hydrogen) atoms. The van der Waals surface area contributed by atoms with E-state index in [4.69, 9.17) is 22.7 Å². The molecule has 4 rings (SSSR count). The van der Waals surface area contributed by atoms with Crippen LogP contribution in [0.15, 0.2) is 36.5 Å². The predicted octanol–water partition coefficient (Wildman–Crippen LogP) is 3.17. The minimum Gasteiger partial charge on any atom is -0.387 e. The Morgan fingerprint density at radius 2 is 2.07 bits per heavy atom. The quantitative estimate of drug-likeness (QED) is 0.465. The molecule has 1 aromatic carbocycles. The van der Waals surface area contributed by atoms with Crippen molar-refractivity contribution < 1.29 is 5.11 Å². The molecule has 0 aliphatic heterocycles. The first-order valence-corrected chi connectivity index (χ1v) is 9.29. The molecule has 4 N–H and O–H groups in total. The SMILES string of the molecule is CC(C)(O)c1cccn2c(C3(c4ccc(Cl)c(CC(=N)N)c4)CC3)nnc12. The molecule has 0 unspecified atom stereocenters. The Balaban J connectivity index is 1.84. The van der Waals surface area contributed by atoms with Crippen molar-refractivity contribution in [1.82, 2.24) is 14.6 Å². The lowest BCUT2D eigenvalue weighted by atomic mass is 9.92. The van der Waals surface area contributed by atoms with Crippen molar-refractivity contribution >= 4 is 23.1 Å². The number of aliphatic hydroxyl groups is 1. The third-order valence-corrected chi connectivity index (χ3v) is 5.62. The first-order valence-electron chi connectivity index (χ1n) is 8.91. The average molecular weight is 384 g/mol. The normalized spacial score (nSPS) is 15.9. The molecule has 0 saturated heterocycles. The highest BCUT2D eigenvalue weighted by Gasteiger charge is 2.50. The number of fused-ring (bicyclic) bond motifs is 1. The number of halogens is 1. The van der Waals surface area contributed by atoms with Crippen molar-refractivity contribution in [3.8, 4) is 0 Å². The Kier molecular flexibility index (Phi) is 4.01. The van der Waals surface area contributed by atoms with E-state index in [9.17, 15) is 5.11 Å². The van der Waals surface area contributed by atoms with Gasteiger partial charge < -0.3 is 10.8 Å². The zero-order valence-corrected chi connectivity index (χ0v) is 16.1. The number of benzene rings is 1. The van der Waals surface area contributed by atoms with Crippen LogP contribution in [0.4, 0.5) is 0 Å². The van der Waals surface area contributed by atoms with Gasteiger partial charge in [0.25, 0.3) is 0 Å². The van der Waals surface area contributed by atoms with Crippen LogP contribution in [-0.2, 0) is 17.4 Å². The lowest BCUT2D eigenvalue weighted by molar-refractivity contribution is 0.0796. The van der Waals surface area contributed by atoms with Crippen LogP contribution in [0, 0.1) is 5.41 Å². The van der Waals surface area contributed by atoms with Gasteiger partial charge in [-0.15, -0.1) is 10.2 Å². The lowest BCUT2D eigenvalue weighted by Crippen LogP contribution is -2.18. The van der Waals surface area contributed by atoms with Gasteiger partial charge in [0.2, 0.25) is 0 Å². The van der Waals surface area contributed by atoms with E-state index < -0.39 is 5.60 Å². The Bertz CT molecular complexity index is 1050. The molecule has 1 fully saturated rings. The second-order valence-electron chi connectivity index (χ2n) is 7.79. The third kappa shape index (κ3) is 2.99. The number of amidine groups is 1. The summed E-state index contributed by atoms with van der Waals surface area (Å²) in [5.41, 5.74) is 7.70. The fourth-order valence-electron chi connectivity index (χ4n) is 3.70. The van der Waals surface area contributed by atoms with Crippen molar-refractivity contribution in [1.29, 1.82) is 5.41 Å². The first kappa shape index (κ1) is 17.9. The zero-order chi connectivity index (χ0) is 19.4. The molecular formula is C20H22ClN5O. The topological polar surface area (TPSA) is 100 Å². The molecule has 1 aliphatic rings. The summed E-state index contributed by atoms with van der Waals surface area (Å²) < 4.78 is 1.97. The summed E-state index contributed by atoms with van der Waals surface area (Å²) >= 11 is 6.29. The Morgan fingerprint density at radius 1 is 1.33 bits per heavy atom. The van der Waals surface area contributed by atoms with Crippen molar-refractivity contribution in [2.24, 2.45) is 5.73 Å². The second kappa shape index (κ2) is 6.04. The number of nitrogens with one attached hydrogen (secondary N) is 1. The van der Waals surface area contributed by atoms with E-state index in [0.29, 0.717) is 17.1 Å². The van der Waals surface area contributed by atoms with Gasteiger partial charge in [-0.1, -0.05) is 29.8 Å². The van der Waals surface area contributed by atoms with Crippen LogP contribution in [0.3, 0.4) is 0 Å². The Morgan fingerprint density at radius 3 is 2.70 bits per heavy atom. The molecule has 2 heterocycles. The average Bonchev–Trinajstić information content (AvgIpc) is 3.27. The molecular weight excluding hydrogens is 362 g/mol. The van der Waals surface area contributed by atoms with Crippen molar-refractivity contribution in [3.05, 3.63) is 64.1 Å². The minimum absolute atomic E-state index is 0.0849. The van der Waals surface area contributed by atoms with E-state index >= 15 is 0 Å². The summed E-state index contributed by atoms with van der Waals surface area (Å²) in [6.07, 6.45) is 4.18. The van der Waals surface area contributed by atoms with Crippen LogP contribution in [0.5, 0.6) is 0 Å². The van der Waals surface area contributed by atoms with Crippen molar-refractivity contribution in [2.45, 2.75) is 44.1 Å². The molecule has 0 radical (unpaired) electrons. The maximum absolute atomic E-state index is 10.5. The fourth-order valence-corrected chi connectivity index (χ4v) is 3.88. The maximum atomic E-state index is 10.5. The summed E-state index contributed by atoms with van der Waals surface area (Å²) in [5.74, 6) is 0.946. The van der Waals surface area contributed by atoms with E-state index in [0.717, 1.165) is 35.4 Å². The van der Waals surface area contributed by atoms with E-state index in [-0.39, 0.29) is 11.3 Å². The third-order valence-electron chi connectivity index (χ3n) is 5.25. The summed E-state index contributed by atoms with van der Waals surface area (Å²) in [5, 5.41) is 27.5. The number of nitrogens with zero attached hydrogens (tertiary/aromatic N) is 3. The molecule has 0 atom stereocenters. The van der Waals surface area contributed by atoms with Crippen LogP contribution < -0.4 is 5.73 Å². The van der Waals surface area contributed by atoms with E-state index in [1.165, 1.54) is 0 Å². The van der Waals surface area contributed by atoms with E-state index in [1.807, 2.05) is 40.9 Å². The number of nitrogens with two attached hydrogens (primary N) is 1. The molecule has 2 aromatic heterocycles. The van der Waals surface area contributed by atoms with Gasteiger partial charge in [-0.25, -0.2) is 0 Å². The monoisotopic (exact) mass is 383 g/mol. The highest BCUT2D eigenvalue weighted by Crippen LogP contribution is 2.53. The van der Waals surface area contributed by atoms with Crippen LogP contribution in [0.1, 0.15) is 49.2 Å². The standard InChI is InChI=1S/C20H22ClN5O/c1-19(2,27)14-4-3-9-26-17(14)24-25-18(26)20(7-8-20)13-5-6-15(21)12(10-13)11-16(22)23/h3-6,9-10,27H,7-8,11H2,1-2H3,(H3,22,23). The van der Waals surface area contributed by atoms with Gasteiger partial charge in [0.05, 0.1) is 16.9 Å². The Hall–Kier alpha value is -2.44. The molecule has 0 spiro atoms. The highest BCUT2D eigenvalue weighted by atomic mass is 35.5. The van der Waals surface area contributed by atoms with E-state index in [2.05, 4.69) is 10.2 Å². The van der Waals surface area contributed by atoms with Crippen molar-refractivity contribution in [3.63, 3.8) is 0 Å². The summed E-state index contributed by atoms with van der Waals surface area (Å²) in [4.78, 5) is 0. The predicted molar refractivity (Wildman–Crippen MR) is 105 cm³/mol. The summed E-state index contributed by atoms with van der Waals surface area (Å²) in [6.45, 7) is 3.49. The molecule has 1 aliphatic carbocycles.